The van der Waals surface area contributed by atoms with Crippen molar-refractivity contribution in [2.24, 2.45) is 5.92 Å². The van der Waals surface area contributed by atoms with Gasteiger partial charge >= 0.3 is 0 Å². The summed E-state index contributed by atoms with van der Waals surface area (Å²) >= 11 is 5.68. The SMILES string of the molecule is CCOc1ccc(C2=CC(=O)CCCC(=S)C(CCCOC)CC2)cc1. The molecule has 4 heteroatoms. The molecule has 0 amide bonds. The Kier molecular flexibility index (Phi) is 8.99. The zero-order valence-electron chi connectivity index (χ0n) is 16.0. The fourth-order valence-electron chi connectivity index (χ4n) is 3.41. The van der Waals surface area contributed by atoms with Crippen molar-refractivity contribution >= 4 is 28.4 Å². The highest BCUT2D eigenvalue weighted by atomic mass is 32.1. The van der Waals surface area contributed by atoms with Crippen molar-refractivity contribution in [2.45, 2.75) is 51.9 Å². The predicted octanol–water partition coefficient (Wildman–Crippen LogP) is 5.41. The normalized spacial score (nSPS) is 19.2. The summed E-state index contributed by atoms with van der Waals surface area (Å²) in [7, 11) is 1.74. The predicted molar refractivity (Wildman–Crippen MR) is 111 cm³/mol. The minimum Gasteiger partial charge on any atom is -0.494 e. The minimum absolute atomic E-state index is 0.203. The van der Waals surface area contributed by atoms with Gasteiger partial charge in [0.25, 0.3) is 0 Å². The summed E-state index contributed by atoms with van der Waals surface area (Å²) in [6.07, 6.45) is 8.12. The second-order valence-corrected chi connectivity index (χ2v) is 7.31. The number of thiocarbonyl (C=S) groups is 1. The number of benzene rings is 1. The van der Waals surface area contributed by atoms with Crippen molar-refractivity contribution in [3.05, 3.63) is 35.9 Å². The molecule has 0 radical (unpaired) electrons. The lowest BCUT2D eigenvalue weighted by molar-refractivity contribution is -0.114. The van der Waals surface area contributed by atoms with Gasteiger partial charge in [0, 0.05) is 20.1 Å². The lowest BCUT2D eigenvalue weighted by Gasteiger charge is -2.20. The summed E-state index contributed by atoms with van der Waals surface area (Å²) in [6.45, 7) is 3.41. The first-order valence-corrected chi connectivity index (χ1v) is 10.0. The Balaban J connectivity index is 2.14. The van der Waals surface area contributed by atoms with Gasteiger partial charge in [0.2, 0.25) is 0 Å². The third-order valence-corrected chi connectivity index (χ3v) is 5.37. The van der Waals surface area contributed by atoms with Crippen LogP contribution in [0.15, 0.2) is 30.3 Å². The molecule has 0 aromatic heterocycles. The van der Waals surface area contributed by atoms with Crippen LogP contribution in [0.25, 0.3) is 5.57 Å². The number of rotatable bonds is 7. The Labute approximate surface area is 162 Å². The standard InChI is InChI=1S/C22H30O3S/c1-3-25-21-13-11-17(12-14-21)19-10-9-18(6-5-15-24-2)22(26)8-4-7-20(23)16-19/h11-14,16,18H,3-10,15H2,1-2H3. The summed E-state index contributed by atoms with van der Waals surface area (Å²) < 4.78 is 10.7. The van der Waals surface area contributed by atoms with E-state index in [4.69, 9.17) is 21.7 Å². The molecule has 0 fully saturated rings. The fourth-order valence-corrected chi connectivity index (χ4v) is 3.79. The average Bonchev–Trinajstić information content (AvgIpc) is 2.64. The van der Waals surface area contributed by atoms with Crippen molar-refractivity contribution in [2.75, 3.05) is 20.3 Å². The molecule has 1 aromatic rings. The van der Waals surface area contributed by atoms with Crippen LogP contribution in [0.3, 0.4) is 0 Å². The molecule has 1 aromatic carbocycles. The first kappa shape index (κ1) is 20.8. The van der Waals surface area contributed by atoms with Crippen LogP contribution in [0, 0.1) is 5.92 Å². The monoisotopic (exact) mass is 374 g/mol. The van der Waals surface area contributed by atoms with Crippen LogP contribution in [0.2, 0.25) is 0 Å². The van der Waals surface area contributed by atoms with Crippen LogP contribution in [0.4, 0.5) is 0 Å². The third kappa shape index (κ3) is 6.65. The van der Waals surface area contributed by atoms with Gasteiger partial charge in [-0.2, -0.15) is 0 Å². The van der Waals surface area contributed by atoms with Crippen LogP contribution in [0.1, 0.15) is 57.4 Å². The molecule has 0 spiro atoms. The van der Waals surface area contributed by atoms with E-state index in [-0.39, 0.29) is 5.78 Å². The lowest BCUT2D eigenvalue weighted by atomic mass is 9.86. The van der Waals surface area contributed by atoms with Crippen molar-refractivity contribution in [1.29, 1.82) is 0 Å². The number of carbonyl (C=O) groups excluding carboxylic acids is 1. The number of hydrogen-bond acceptors (Lipinski definition) is 4. The zero-order valence-corrected chi connectivity index (χ0v) is 16.8. The van der Waals surface area contributed by atoms with E-state index in [0.717, 1.165) is 66.9 Å². The maximum Gasteiger partial charge on any atom is 0.155 e. The van der Waals surface area contributed by atoms with Gasteiger partial charge in [-0.25, -0.2) is 0 Å². The molecule has 2 rings (SSSR count). The minimum atomic E-state index is 0.203. The van der Waals surface area contributed by atoms with E-state index in [1.54, 1.807) is 7.11 Å². The molecule has 142 valence electrons. The summed E-state index contributed by atoms with van der Waals surface area (Å²) in [4.78, 5) is 13.4. The molecule has 1 unspecified atom stereocenters. The summed E-state index contributed by atoms with van der Waals surface area (Å²) in [5, 5.41) is 0. The van der Waals surface area contributed by atoms with Crippen molar-refractivity contribution in [3.8, 4) is 5.75 Å². The van der Waals surface area contributed by atoms with Gasteiger partial charge in [0.15, 0.2) is 5.78 Å². The van der Waals surface area contributed by atoms with Crippen LogP contribution >= 0.6 is 12.2 Å². The van der Waals surface area contributed by atoms with Gasteiger partial charge in [-0.3, -0.25) is 4.79 Å². The number of hydrogen-bond donors (Lipinski definition) is 0. The molecule has 0 bridgehead atoms. The molecule has 0 saturated heterocycles. The van der Waals surface area contributed by atoms with E-state index in [2.05, 4.69) is 0 Å². The van der Waals surface area contributed by atoms with Gasteiger partial charge in [0.1, 0.15) is 5.75 Å². The van der Waals surface area contributed by atoms with E-state index in [1.165, 1.54) is 0 Å². The van der Waals surface area contributed by atoms with Crippen molar-refractivity contribution in [1.82, 2.24) is 0 Å². The highest BCUT2D eigenvalue weighted by Gasteiger charge is 2.18. The van der Waals surface area contributed by atoms with E-state index in [9.17, 15) is 4.79 Å². The van der Waals surface area contributed by atoms with Crippen LogP contribution < -0.4 is 4.74 Å². The Morgan fingerprint density at radius 3 is 2.62 bits per heavy atom. The number of allylic oxidation sites excluding steroid dienone is 2. The number of ketones is 1. The average molecular weight is 375 g/mol. The largest absolute Gasteiger partial charge is 0.494 e. The van der Waals surface area contributed by atoms with Gasteiger partial charge in [0.05, 0.1) is 6.61 Å². The first-order valence-electron chi connectivity index (χ1n) is 9.62. The topological polar surface area (TPSA) is 35.5 Å². The maximum atomic E-state index is 12.3. The van der Waals surface area contributed by atoms with E-state index in [0.29, 0.717) is 18.9 Å². The third-order valence-electron chi connectivity index (χ3n) is 4.84. The smallest absolute Gasteiger partial charge is 0.155 e. The number of methoxy groups -OCH3 is 1. The van der Waals surface area contributed by atoms with Crippen molar-refractivity contribution in [3.63, 3.8) is 0 Å². The second kappa shape index (κ2) is 11.2. The molecule has 0 aliphatic heterocycles. The van der Waals surface area contributed by atoms with Gasteiger partial charge in [-0.1, -0.05) is 24.4 Å². The molecule has 1 atom stereocenters. The number of carbonyl (C=O) groups is 1. The summed E-state index contributed by atoms with van der Waals surface area (Å²) in [6, 6.07) is 8.05. The molecule has 1 aliphatic carbocycles. The fraction of sp³-hybridized carbons (Fsp3) is 0.545. The Morgan fingerprint density at radius 1 is 1.15 bits per heavy atom. The quantitative estimate of drug-likeness (QED) is 0.472. The highest BCUT2D eigenvalue weighted by molar-refractivity contribution is 7.80. The summed E-state index contributed by atoms with van der Waals surface area (Å²) in [5.74, 6) is 1.50. The van der Waals surface area contributed by atoms with Crippen LogP contribution in [-0.4, -0.2) is 31.0 Å². The van der Waals surface area contributed by atoms with E-state index in [1.807, 2.05) is 37.3 Å². The van der Waals surface area contributed by atoms with Crippen LogP contribution in [-0.2, 0) is 9.53 Å². The molecule has 0 saturated carbocycles. The van der Waals surface area contributed by atoms with Gasteiger partial charge < -0.3 is 9.47 Å². The molecule has 1 aliphatic rings. The van der Waals surface area contributed by atoms with Crippen molar-refractivity contribution < 1.29 is 14.3 Å². The van der Waals surface area contributed by atoms with E-state index >= 15 is 0 Å². The second-order valence-electron chi connectivity index (χ2n) is 6.78. The molecule has 3 nitrogen and oxygen atoms in total. The highest BCUT2D eigenvalue weighted by Crippen LogP contribution is 2.29. The first-order chi connectivity index (χ1) is 12.6. The van der Waals surface area contributed by atoms with Gasteiger partial charge in [-0.05, 0) is 85.6 Å². The Morgan fingerprint density at radius 2 is 1.92 bits per heavy atom. The Hall–Kier alpha value is -1.52. The molecule has 26 heavy (non-hydrogen) atoms. The maximum absolute atomic E-state index is 12.3. The molecule has 0 heterocycles. The van der Waals surface area contributed by atoms with E-state index < -0.39 is 0 Å². The van der Waals surface area contributed by atoms with Gasteiger partial charge in [-0.15, -0.1) is 0 Å². The molecular formula is C22H30O3S. The molecular weight excluding hydrogens is 344 g/mol. The zero-order chi connectivity index (χ0) is 18.8. The Bertz CT molecular complexity index is 619. The molecule has 0 N–H and O–H groups in total. The van der Waals surface area contributed by atoms with Crippen LogP contribution in [0.5, 0.6) is 5.75 Å². The summed E-state index contributed by atoms with van der Waals surface area (Å²) in [5.41, 5.74) is 2.21. The lowest BCUT2D eigenvalue weighted by Crippen LogP contribution is -2.15. The number of ether oxygens (including phenoxy) is 2.